The van der Waals surface area contributed by atoms with Crippen LogP contribution in [0.4, 0.5) is 10.1 Å². The van der Waals surface area contributed by atoms with Crippen LogP contribution in [0, 0.1) is 5.82 Å². The molecule has 33 heavy (non-hydrogen) atoms. The van der Waals surface area contributed by atoms with Crippen LogP contribution in [0.25, 0.3) is 6.08 Å². The minimum atomic E-state index is -0.324. The normalized spacial score (nSPS) is 15.7. The van der Waals surface area contributed by atoms with Gasteiger partial charge in [-0.05, 0) is 60.7 Å². The largest absolute Gasteiger partial charge is 0.490 e. The highest BCUT2D eigenvalue weighted by Gasteiger charge is 2.24. The molecule has 1 saturated heterocycles. The number of halogens is 2. The van der Waals surface area contributed by atoms with E-state index >= 15 is 0 Å². The summed E-state index contributed by atoms with van der Waals surface area (Å²) in [6, 6.07) is 19.0. The fraction of sp³-hybridized carbons (Fsp3) is 0.120. The third-order valence-electron chi connectivity index (χ3n) is 4.63. The van der Waals surface area contributed by atoms with Gasteiger partial charge in [-0.1, -0.05) is 48.0 Å². The quantitative estimate of drug-likeness (QED) is 0.399. The fourth-order valence-electron chi connectivity index (χ4n) is 3.06. The van der Waals surface area contributed by atoms with Gasteiger partial charge in [0.2, 0.25) is 0 Å². The molecule has 1 N–H and O–H groups in total. The highest BCUT2D eigenvalue weighted by molar-refractivity contribution is 8.18. The van der Waals surface area contributed by atoms with Gasteiger partial charge in [-0.25, -0.2) is 9.38 Å². The molecule has 0 spiro atoms. The summed E-state index contributed by atoms with van der Waals surface area (Å²) in [5.41, 5.74) is 1.79. The molecular weight excluding hydrogens is 463 g/mol. The van der Waals surface area contributed by atoms with E-state index in [1.165, 1.54) is 17.8 Å². The summed E-state index contributed by atoms with van der Waals surface area (Å²) in [6.45, 7) is 2.37. The van der Waals surface area contributed by atoms with Gasteiger partial charge >= 0.3 is 0 Å². The number of hydrogen-bond acceptors (Lipinski definition) is 5. The van der Waals surface area contributed by atoms with Crippen LogP contribution in [0.3, 0.4) is 0 Å². The number of carbonyl (C=O) groups is 1. The maximum Gasteiger partial charge on any atom is 0.264 e. The highest BCUT2D eigenvalue weighted by atomic mass is 35.5. The number of para-hydroxylation sites is 1. The number of hydrogen-bond donors (Lipinski definition) is 1. The topological polar surface area (TPSA) is 59.9 Å². The van der Waals surface area contributed by atoms with Gasteiger partial charge in [0.15, 0.2) is 16.7 Å². The molecule has 0 radical (unpaired) electrons. The zero-order valence-corrected chi connectivity index (χ0v) is 19.3. The molecule has 3 aromatic carbocycles. The number of nitrogens with zero attached hydrogens (tertiary/aromatic N) is 1. The molecule has 1 heterocycles. The second-order valence-corrected chi connectivity index (χ2v) is 8.39. The third-order valence-corrected chi connectivity index (χ3v) is 5.86. The molecule has 3 aromatic rings. The summed E-state index contributed by atoms with van der Waals surface area (Å²) in [7, 11) is 0. The Balaban J connectivity index is 1.53. The fourth-order valence-corrected chi connectivity index (χ4v) is 4.07. The van der Waals surface area contributed by atoms with E-state index in [4.69, 9.17) is 21.1 Å². The van der Waals surface area contributed by atoms with Crippen molar-refractivity contribution in [3.63, 3.8) is 0 Å². The standard InChI is InChI=1S/C25H20ClFN2O3S/c1-2-31-22-13-16(11-12-21(22)32-15-17-7-3-5-9-19(17)27)14-23-24(30)29-25(33-23)28-20-10-6-4-8-18(20)26/h3-14H,2,15H2,1H3,(H,28,29,30)/b23-14+. The van der Waals surface area contributed by atoms with Gasteiger partial charge in [-0.3, -0.25) is 4.79 Å². The smallest absolute Gasteiger partial charge is 0.264 e. The van der Waals surface area contributed by atoms with Crippen molar-refractivity contribution < 1.29 is 18.7 Å². The number of rotatable bonds is 7. The first-order valence-corrected chi connectivity index (χ1v) is 11.4. The number of nitrogens with one attached hydrogen (secondary N) is 1. The van der Waals surface area contributed by atoms with E-state index in [1.54, 1.807) is 48.5 Å². The Morgan fingerprint density at radius 2 is 1.85 bits per heavy atom. The van der Waals surface area contributed by atoms with Crippen molar-refractivity contribution in [3.8, 4) is 11.5 Å². The van der Waals surface area contributed by atoms with Crippen LogP contribution in [0.2, 0.25) is 5.02 Å². The van der Waals surface area contributed by atoms with Crippen molar-refractivity contribution in [1.82, 2.24) is 5.32 Å². The lowest BCUT2D eigenvalue weighted by Crippen LogP contribution is -2.19. The molecular formula is C25H20ClFN2O3S. The van der Waals surface area contributed by atoms with Crippen LogP contribution < -0.4 is 14.8 Å². The molecule has 8 heteroatoms. The molecule has 0 aliphatic carbocycles. The summed E-state index contributed by atoms with van der Waals surface area (Å²) in [5, 5.41) is 3.71. The third kappa shape index (κ3) is 5.74. The monoisotopic (exact) mass is 482 g/mol. The van der Waals surface area contributed by atoms with Crippen molar-refractivity contribution >= 4 is 46.2 Å². The molecule has 0 saturated carbocycles. The van der Waals surface area contributed by atoms with E-state index in [9.17, 15) is 9.18 Å². The van der Waals surface area contributed by atoms with Crippen LogP contribution in [0.5, 0.6) is 11.5 Å². The Labute approximate surface area is 200 Å². The van der Waals surface area contributed by atoms with E-state index in [1.807, 2.05) is 25.1 Å². The van der Waals surface area contributed by atoms with Crippen molar-refractivity contribution in [2.45, 2.75) is 13.5 Å². The average molecular weight is 483 g/mol. The van der Waals surface area contributed by atoms with Crippen molar-refractivity contribution in [3.05, 3.63) is 93.6 Å². The van der Waals surface area contributed by atoms with Gasteiger partial charge in [0, 0.05) is 5.56 Å². The molecule has 1 aliphatic rings. The summed E-state index contributed by atoms with van der Waals surface area (Å²) in [6.07, 6.45) is 1.75. The number of aliphatic imine (C=N–C) groups is 1. The molecule has 168 valence electrons. The first-order valence-electron chi connectivity index (χ1n) is 10.2. The predicted octanol–water partition coefficient (Wildman–Crippen LogP) is 6.35. The number of benzene rings is 3. The van der Waals surface area contributed by atoms with E-state index < -0.39 is 0 Å². The lowest BCUT2D eigenvalue weighted by molar-refractivity contribution is -0.115. The number of thioether (sulfide) groups is 1. The molecule has 1 amide bonds. The average Bonchev–Trinajstić information content (AvgIpc) is 3.14. The Hall–Kier alpha value is -3.29. The van der Waals surface area contributed by atoms with Crippen LogP contribution >= 0.6 is 23.4 Å². The minimum absolute atomic E-state index is 0.0767. The first-order chi connectivity index (χ1) is 16.0. The lowest BCUT2D eigenvalue weighted by Gasteiger charge is -2.13. The predicted molar refractivity (Wildman–Crippen MR) is 131 cm³/mol. The number of amidine groups is 1. The summed E-state index contributed by atoms with van der Waals surface area (Å²) < 4.78 is 25.4. The molecule has 0 unspecified atom stereocenters. The zero-order valence-electron chi connectivity index (χ0n) is 17.7. The number of ether oxygens (including phenoxy) is 2. The maximum absolute atomic E-state index is 13.9. The second-order valence-electron chi connectivity index (χ2n) is 6.95. The van der Waals surface area contributed by atoms with Crippen molar-refractivity contribution in [2.75, 3.05) is 6.61 Å². The molecule has 0 atom stereocenters. The van der Waals surface area contributed by atoms with E-state index in [2.05, 4.69) is 10.3 Å². The Kier molecular flexibility index (Phi) is 7.32. The van der Waals surface area contributed by atoms with Crippen molar-refractivity contribution in [2.24, 2.45) is 4.99 Å². The van der Waals surface area contributed by atoms with Gasteiger partial charge in [-0.15, -0.1) is 0 Å². The summed E-state index contributed by atoms with van der Waals surface area (Å²) in [4.78, 5) is 17.3. The van der Waals surface area contributed by atoms with Gasteiger partial charge in [-0.2, -0.15) is 0 Å². The molecule has 1 fully saturated rings. The Bertz CT molecular complexity index is 1250. The lowest BCUT2D eigenvalue weighted by atomic mass is 10.1. The second kappa shape index (κ2) is 10.6. The first kappa shape index (κ1) is 22.9. The van der Waals surface area contributed by atoms with Gasteiger partial charge in [0.1, 0.15) is 12.4 Å². The summed E-state index contributed by atoms with van der Waals surface area (Å²) in [5.74, 6) is 0.433. The number of carbonyl (C=O) groups excluding carboxylic acids is 1. The van der Waals surface area contributed by atoms with Gasteiger partial charge in [0.25, 0.3) is 5.91 Å². The van der Waals surface area contributed by atoms with E-state index in [0.29, 0.717) is 44.5 Å². The van der Waals surface area contributed by atoms with Gasteiger partial charge < -0.3 is 14.8 Å². The summed E-state index contributed by atoms with van der Waals surface area (Å²) >= 11 is 7.38. The van der Waals surface area contributed by atoms with Crippen LogP contribution in [-0.4, -0.2) is 17.7 Å². The minimum Gasteiger partial charge on any atom is -0.490 e. The number of amides is 1. The van der Waals surface area contributed by atoms with E-state index in [0.717, 1.165) is 5.56 Å². The molecule has 0 bridgehead atoms. The van der Waals surface area contributed by atoms with Crippen LogP contribution in [0.1, 0.15) is 18.1 Å². The van der Waals surface area contributed by atoms with Crippen LogP contribution in [0.15, 0.2) is 76.6 Å². The van der Waals surface area contributed by atoms with E-state index in [-0.39, 0.29) is 18.3 Å². The Morgan fingerprint density at radius 1 is 1.06 bits per heavy atom. The Morgan fingerprint density at radius 3 is 2.64 bits per heavy atom. The maximum atomic E-state index is 13.9. The zero-order chi connectivity index (χ0) is 23.2. The SMILES string of the molecule is CCOc1cc(/C=C2/SC(=Nc3ccccc3Cl)NC2=O)ccc1OCc1ccccc1F. The van der Waals surface area contributed by atoms with Gasteiger partial charge in [0.05, 0.1) is 22.2 Å². The molecule has 0 aromatic heterocycles. The molecule has 1 aliphatic heterocycles. The highest BCUT2D eigenvalue weighted by Crippen LogP contribution is 2.34. The molecule has 4 rings (SSSR count). The van der Waals surface area contributed by atoms with Crippen LogP contribution in [-0.2, 0) is 11.4 Å². The van der Waals surface area contributed by atoms with Crippen molar-refractivity contribution in [1.29, 1.82) is 0 Å². The molecule has 5 nitrogen and oxygen atoms in total.